The van der Waals surface area contributed by atoms with Crippen molar-refractivity contribution in [2.75, 3.05) is 13.2 Å². The van der Waals surface area contributed by atoms with E-state index in [2.05, 4.69) is 15.9 Å². The van der Waals surface area contributed by atoms with E-state index < -0.39 is 0 Å². The lowest BCUT2D eigenvalue weighted by Gasteiger charge is -2.38. The highest BCUT2D eigenvalue weighted by molar-refractivity contribution is 9.10. The van der Waals surface area contributed by atoms with E-state index in [9.17, 15) is 0 Å². The zero-order valence-corrected chi connectivity index (χ0v) is 9.40. The summed E-state index contributed by atoms with van der Waals surface area (Å²) in [5.41, 5.74) is 6.95. The van der Waals surface area contributed by atoms with Crippen LogP contribution in [0.15, 0.2) is 28.7 Å². The molecule has 0 amide bonds. The SMILES string of the molecule is Cl.NC1(c2ccc(Br)cc2)COC1. The van der Waals surface area contributed by atoms with Gasteiger partial charge in [0.15, 0.2) is 0 Å². The van der Waals surface area contributed by atoms with Gasteiger partial charge in [-0.1, -0.05) is 28.1 Å². The van der Waals surface area contributed by atoms with E-state index >= 15 is 0 Å². The van der Waals surface area contributed by atoms with Crippen LogP contribution in [-0.4, -0.2) is 13.2 Å². The molecule has 1 aromatic carbocycles. The molecule has 0 aliphatic carbocycles. The van der Waals surface area contributed by atoms with Gasteiger partial charge in [-0.25, -0.2) is 0 Å². The number of benzene rings is 1. The average Bonchev–Trinajstić information content (AvgIpc) is 2.02. The molecule has 2 N–H and O–H groups in total. The van der Waals surface area contributed by atoms with E-state index in [-0.39, 0.29) is 17.9 Å². The van der Waals surface area contributed by atoms with Crippen LogP contribution in [-0.2, 0) is 10.3 Å². The molecule has 0 bridgehead atoms. The van der Waals surface area contributed by atoms with Crippen molar-refractivity contribution in [3.05, 3.63) is 34.3 Å². The summed E-state index contributed by atoms with van der Waals surface area (Å²) in [5, 5.41) is 0. The van der Waals surface area contributed by atoms with Crippen LogP contribution in [0.4, 0.5) is 0 Å². The number of rotatable bonds is 1. The Kier molecular flexibility index (Phi) is 3.35. The third-order valence-electron chi connectivity index (χ3n) is 2.14. The van der Waals surface area contributed by atoms with Crippen LogP contribution in [0, 0.1) is 0 Å². The fourth-order valence-corrected chi connectivity index (χ4v) is 1.53. The standard InChI is InChI=1S/C9H10BrNO.ClH/c10-8-3-1-7(2-4-8)9(11)5-12-6-9;/h1-4H,5-6,11H2;1H. The van der Waals surface area contributed by atoms with Gasteiger partial charge in [0.25, 0.3) is 0 Å². The van der Waals surface area contributed by atoms with E-state index in [0.717, 1.165) is 10.0 Å². The Labute approximate surface area is 92.0 Å². The minimum atomic E-state index is -0.235. The molecule has 13 heavy (non-hydrogen) atoms. The molecule has 4 heteroatoms. The first-order valence-electron chi connectivity index (χ1n) is 3.83. The number of nitrogens with two attached hydrogens (primary N) is 1. The largest absolute Gasteiger partial charge is 0.377 e. The van der Waals surface area contributed by atoms with Crippen molar-refractivity contribution in [2.45, 2.75) is 5.54 Å². The maximum atomic E-state index is 6.03. The summed E-state index contributed by atoms with van der Waals surface area (Å²) < 4.78 is 6.16. The molecule has 1 aliphatic heterocycles. The smallest absolute Gasteiger partial charge is 0.0883 e. The number of hydrogen-bond donors (Lipinski definition) is 1. The van der Waals surface area contributed by atoms with Gasteiger partial charge in [-0.15, -0.1) is 12.4 Å². The van der Waals surface area contributed by atoms with Crippen LogP contribution < -0.4 is 5.73 Å². The Balaban J connectivity index is 0.000000845. The van der Waals surface area contributed by atoms with Crippen LogP contribution in [0.5, 0.6) is 0 Å². The molecule has 1 heterocycles. The van der Waals surface area contributed by atoms with Crippen LogP contribution in [0.1, 0.15) is 5.56 Å². The van der Waals surface area contributed by atoms with Gasteiger partial charge in [0.05, 0.1) is 18.8 Å². The highest BCUT2D eigenvalue weighted by Gasteiger charge is 2.35. The van der Waals surface area contributed by atoms with Crippen LogP contribution in [0.25, 0.3) is 0 Å². The minimum Gasteiger partial charge on any atom is -0.377 e. The maximum Gasteiger partial charge on any atom is 0.0883 e. The summed E-state index contributed by atoms with van der Waals surface area (Å²) >= 11 is 3.38. The second-order valence-corrected chi connectivity index (χ2v) is 4.07. The van der Waals surface area contributed by atoms with Gasteiger partial charge in [-0.05, 0) is 17.7 Å². The number of ether oxygens (including phenoxy) is 1. The van der Waals surface area contributed by atoms with Crippen molar-refractivity contribution >= 4 is 28.3 Å². The van der Waals surface area contributed by atoms with E-state index in [4.69, 9.17) is 10.5 Å². The zero-order chi connectivity index (χ0) is 8.60. The van der Waals surface area contributed by atoms with E-state index in [1.54, 1.807) is 0 Å². The Morgan fingerprint density at radius 2 is 1.77 bits per heavy atom. The fraction of sp³-hybridized carbons (Fsp3) is 0.333. The molecule has 0 saturated carbocycles. The summed E-state index contributed by atoms with van der Waals surface area (Å²) in [5.74, 6) is 0. The molecule has 2 nitrogen and oxygen atoms in total. The summed E-state index contributed by atoms with van der Waals surface area (Å²) in [4.78, 5) is 0. The van der Waals surface area contributed by atoms with Crippen molar-refractivity contribution < 1.29 is 4.74 Å². The summed E-state index contributed by atoms with van der Waals surface area (Å²) in [6, 6.07) is 8.07. The first-order chi connectivity index (χ1) is 5.71. The zero-order valence-electron chi connectivity index (χ0n) is 7.00. The summed E-state index contributed by atoms with van der Waals surface area (Å²) in [6.45, 7) is 1.27. The quantitative estimate of drug-likeness (QED) is 0.843. The average molecular weight is 265 g/mol. The molecule has 0 aromatic heterocycles. The Bertz CT molecular complexity index is 284. The molecule has 0 spiro atoms. The molecule has 72 valence electrons. The first-order valence-corrected chi connectivity index (χ1v) is 4.63. The Hall–Kier alpha value is -0.0900. The molecule has 0 radical (unpaired) electrons. The summed E-state index contributed by atoms with van der Waals surface area (Å²) in [6.07, 6.45) is 0. The monoisotopic (exact) mass is 263 g/mol. The molecule has 1 saturated heterocycles. The van der Waals surface area contributed by atoms with Crippen molar-refractivity contribution in [2.24, 2.45) is 5.73 Å². The normalized spacial score (nSPS) is 18.6. The third kappa shape index (κ3) is 2.05. The lowest BCUT2D eigenvalue weighted by Crippen LogP contribution is -2.54. The Morgan fingerprint density at radius 1 is 1.23 bits per heavy atom. The molecule has 1 fully saturated rings. The van der Waals surface area contributed by atoms with Gasteiger partial charge in [0.2, 0.25) is 0 Å². The van der Waals surface area contributed by atoms with E-state index in [1.165, 1.54) is 0 Å². The van der Waals surface area contributed by atoms with Crippen LogP contribution >= 0.6 is 28.3 Å². The second kappa shape index (κ2) is 3.96. The molecular formula is C9H11BrClNO. The van der Waals surface area contributed by atoms with Gasteiger partial charge in [-0.3, -0.25) is 0 Å². The van der Waals surface area contributed by atoms with Crippen molar-refractivity contribution in [1.82, 2.24) is 0 Å². The van der Waals surface area contributed by atoms with Gasteiger partial charge in [0.1, 0.15) is 0 Å². The molecule has 0 atom stereocenters. The molecule has 2 rings (SSSR count). The van der Waals surface area contributed by atoms with Crippen LogP contribution in [0.2, 0.25) is 0 Å². The van der Waals surface area contributed by atoms with Gasteiger partial charge in [0, 0.05) is 4.47 Å². The number of hydrogen-bond acceptors (Lipinski definition) is 2. The van der Waals surface area contributed by atoms with Crippen molar-refractivity contribution in [3.63, 3.8) is 0 Å². The molecular weight excluding hydrogens is 253 g/mol. The van der Waals surface area contributed by atoms with Gasteiger partial charge >= 0.3 is 0 Å². The maximum absolute atomic E-state index is 6.03. The second-order valence-electron chi connectivity index (χ2n) is 3.16. The van der Waals surface area contributed by atoms with Gasteiger partial charge in [-0.2, -0.15) is 0 Å². The highest BCUT2D eigenvalue weighted by atomic mass is 79.9. The molecule has 1 aliphatic rings. The predicted molar refractivity (Wildman–Crippen MR) is 58.1 cm³/mol. The third-order valence-corrected chi connectivity index (χ3v) is 2.67. The van der Waals surface area contributed by atoms with Gasteiger partial charge < -0.3 is 10.5 Å². The molecule has 0 unspecified atom stereocenters. The van der Waals surface area contributed by atoms with E-state index in [1.807, 2.05) is 24.3 Å². The lowest BCUT2D eigenvalue weighted by atomic mass is 9.89. The van der Waals surface area contributed by atoms with Crippen molar-refractivity contribution in [1.29, 1.82) is 0 Å². The minimum absolute atomic E-state index is 0. The fourth-order valence-electron chi connectivity index (χ4n) is 1.27. The lowest BCUT2D eigenvalue weighted by molar-refractivity contribution is -0.0569. The first kappa shape index (κ1) is 11.0. The summed E-state index contributed by atoms with van der Waals surface area (Å²) in [7, 11) is 0. The van der Waals surface area contributed by atoms with E-state index in [0.29, 0.717) is 13.2 Å². The van der Waals surface area contributed by atoms with Crippen LogP contribution in [0.3, 0.4) is 0 Å². The predicted octanol–water partition coefficient (Wildman–Crippen LogP) is 2.06. The molecule has 1 aromatic rings. The Morgan fingerprint density at radius 3 is 2.15 bits per heavy atom. The highest BCUT2D eigenvalue weighted by Crippen LogP contribution is 2.27. The number of halogens is 2. The van der Waals surface area contributed by atoms with Crippen molar-refractivity contribution in [3.8, 4) is 0 Å². The topological polar surface area (TPSA) is 35.2 Å².